The van der Waals surface area contributed by atoms with Crippen LogP contribution in [0.2, 0.25) is 0 Å². The van der Waals surface area contributed by atoms with Crippen LogP contribution in [-0.2, 0) is 11.8 Å². The third kappa shape index (κ3) is 4.01. The molecule has 23 heavy (non-hydrogen) atoms. The number of anilines is 1. The summed E-state index contributed by atoms with van der Waals surface area (Å²) in [5, 5.41) is 7.05. The molecule has 0 atom stereocenters. The zero-order valence-electron chi connectivity index (χ0n) is 14.6. The maximum absolute atomic E-state index is 12.4. The number of rotatable bonds is 6. The van der Waals surface area contributed by atoms with E-state index in [0.717, 1.165) is 24.2 Å². The molecule has 4 nitrogen and oxygen atoms in total. The molecular weight excluding hydrogens is 288 g/mol. The number of benzene rings is 1. The van der Waals surface area contributed by atoms with Gasteiger partial charge in [-0.2, -0.15) is 0 Å². The molecule has 0 radical (unpaired) electrons. The number of carbonyl (C=O) groups is 1. The molecule has 0 fully saturated rings. The largest absolute Gasteiger partial charge is 0.358 e. The molecular formula is C19H26N2O2. The van der Waals surface area contributed by atoms with Gasteiger partial charge in [0, 0.05) is 16.5 Å². The highest BCUT2D eigenvalue weighted by atomic mass is 16.5. The fourth-order valence-electron chi connectivity index (χ4n) is 2.47. The smallest absolute Gasteiger partial charge is 0.256 e. The predicted octanol–water partition coefficient (Wildman–Crippen LogP) is 4.81. The molecule has 0 saturated heterocycles. The standard InChI is InChI=1S/C19H26N2O2/c1-6-19(4,5)16-15(12-13(2)3)17(21-23-16)20-18(22)14-10-8-7-9-11-14/h7-11,13H,6,12H2,1-5H3,(H,20,21,22). The number of carbonyl (C=O) groups excluding carboxylic acids is 1. The number of nitrogens with one attached hydrogen (secondary N) is 1. The van der Waals surface area contributed by atoms with Gasteiger partial charge < -0.3 is 9.84 Å². The summed E-state index contributed by atoms with van der Waals surface area (Å²) in [6.45, 7) is 10.7. The van der Waals surface area contributed by atoms with E-state index in [-0.39, 0.29) is 11.3 Å². The van der Waals surface area contributed by atoms with E-state index < -0.39 is 0 Å². The zero-order valence-corrected chi connectivity index (χ0v) is 14.6. The number of hydrogen-bond acceptors (Lipinski definition) is 3. The topological polar surface area (TPSA) is 55.1 Å². The Hall–Kier alpha value is -2.10. The van der Waals surface area contributed by atoms with Crippen molar-refractivity contribution in [2.24, 2.45) is 5.92 Å². The molecule has 0 aliphatic heterocycles. The first-order valence-electron chi connectivity index (χ1n) is 8.20. The fraction of sp³-hybridized carbons (Fsp3) is 0.474. The van der Waals surface area contributed by atoms with Crippen LogP contribution >= 0.6 is 0 Å². The van der Waals surface area contributed by atoms with Crippen molar-refractivity contribution in [3.05, 3.63) is 47.2 Å². The molecule has 0 aliphatic rings. The lowest BCUT2D eigenvalue weighted by Crippen LogP contribution is -2.19. The van der Waals surface area contributed by atoms with Gasteiger partial charge in [-0.3, -0.25) is 4.79 Å². The Morgan fingerprint density at radius 3 is 2.48 bits per heavy atom. The van der Waals surface area contributed by atoms with Gasteiger partial charge >= 0.3 is 0 Å². The molecule has 2 aromatic rings. The summed E-state index contributed by atoms with van der Waals surface area (Å²) in [6.07, 6.45) is 1.77. The van der Waals surface area contributed by atoms with Crippen molar-refractivity contribution in [3.63, 3.8) is 0 Å². The first-order chi connectivity index (χ1) is 10.8. The third-order valence-corrected chi connectivity index (χ3v) is 4.17. The second kappa shape index (κ2) is 6.99. The summed E-state index contributed by atoms with van der Waals surface area (Å²) in [4.78, 5) is 12.4. The van der Waals surface area contributed by atoms with Crippen molar-refractivity contribution in [1.29, 1.82) is 0 Å². The average molecular weight is 314 g/mol. The van der Waals surface area contributed by atoms with Crippen LogP contribution in [0.15, 0.2) is 34.9 Å². The van der Waals surface area contributed by atoms with Gasteiger partial charge in [-0.25, -0.2) is 0 Å². The Kier molecular flexibility index (Phi) is 5.24. The maximum atomic E-state index is 12.4. The molecule has 0 saturated carbocycles. The van der Waals surface area contributed by atoms with E-state index in [9.17, 15) is 4.79 Å². The molecule has 0 bridgehead atoms. The Bertz CT molecular complexity index is 657. The van der Waals surface area contributed by atoms with Gasteiger partial charge in [0.25, 0.3) is 5.91 Å². The second-order valence-corrected chi connectivity index (χ2v) is 6.99. The minimum atomic E-state index is -0.162. The van der Waals surface area contributed by atoms with Crippen molar-refractivity contribution in [2.45, 2.75) is 52.9 Å². The molecule has 1 aromatic heterocycles. The highest BCUT2D eigenvalue weighted by molar-refractivity contribution is 6.04. The molecule has 1 N–H and O–H groups in total. The lowest BCUT2D eigenvalue weighted by molar-refractivity contribution is 0.102. The van der Waals surface area contributed by atoms with Crippen LogP contribution in [0.3, 0.4) is 0 Å². The minimum absolute atomic E-state index is 0.104. The molecule has 1 aromatic carbocycles. The third-order valence-electron chi connectivity index (χ3n) is 4.17. The maximum Gasteiger partial charge on any atom is 0.256 e. The monoisotopic (exact) mass is 314 g/mol. The van der Waals surface area contributed by atoms with Crippen LogP contribution in [0.1, 0.15) is 62.7 Å². The van der Waals surface area contributed by atoms with Gasteiger partial charge in [0.1, 0.15) is 5.76 Å². The molecule has 4 heteroatoms. The SMILES string of the molecule is CCC(C)(C)c1onc(NC(=O)c2ccccc2)c1CC(C)C. The van der Waals surface area contributed by atoms with Gasteiger partial charge in [0.05, 0.1) is 0 Å². The fourth-order valence-corrected chi connectivity index (χ4v) is 2.47. The van der Waals surface area contributed by atoms with Gasteiger partial charge in [-0.05, 0) is 30.9 Å². The summed E-state index contributed by atoms with van der Waals surface area (Å²) in [5.41, 5.74) is 1.52. The molecule has 124 valence electrons. The lowest BCUT2D eigenvalue weighted by Gasteiger charge is -2.21. The number of nitrogens with zero attached hydrogens (tertiary/aromatic N) is 1. The number of amides is 1. The van der Waals surface area contributed by atoms with Gasteiger partial charge in [-0.15, -0.1) is 0 Å². The summed E-state index contributed by atoms with van der Waals surface area (Å²) >= 11 is 0. The second-order valence-electron chi connectivity index (χ2n) is 6.99. The molecule has 0 spiro atoms. The first-order valence-corrected chi connectivity index (χ1v) is 8.20. The van der Waals surface area contributed by atoms with Crippen LogP contribution in [0.25, 0.3) is 0 Å². The van der Waals surface area contributed by atoms with E-state index in [1.165, 1.54) is 0 Å². The van der Waals surface area contributed by atoms with Gasteiger partial charge in [-0.1, -0.05) is 58.0 Å². The van der Waals surface area contributed by atoms with Crippen LogP contribution in [0.4, 0.5) is 5.82 Å². The van der Waals surface area contributed by atoms with E-state index in [1.807, 2.05) is 18.2 Å². The van der Waals surface area contributed by atoms with Crippen molar-refractivity contribution < 1.29 is 9.32 Å². The van der Waals surface area contributed by atoms with Gasteiger partial charge in [0.15, 0.2) is 5.82 Å². The Balaban J connectivity index is 2.33. The Morgan fingerprint density at radius 1 is 1.26 bits per heavy atom. The molecule has 1 amide bonds. The van der Waals surface area contributed by atoms with E-state index in [4.69, 9.17) is 4.52 Å². The van der Waals surface area contributed by atoms with Crippen LogP contribution in [-0.4, -0.2) is 11.1 Å². The molecule has 0 unspecified atom stereocenters. The average Bonchev–Trinajstić information content (AvgIpc) is 2.91. The van der Waals surface area contributed by atoms with Gasteiger partial charge in [0.2, 0.25) is 0 Å². The molecule has 2 rings (SSSR count). The van der Waals surface area contributed by atoms with Crippen molar-refractivity contribution >= 4 is 11.7 Å². The summed E-state index contributed by atoms with van der Waals surface area (Å²) in [6, 6.07) is 9.15. The first kappa shape index (κ1) is 17.3. The summed E-state index contributed by atoms with van der Waals surface area (Å²) in [7, 11) is 0. The summed E-state index contributed by atoms with van der Waals surface area (Å²) < 4.78 is 5.62. The van der Waals surface area contributed by atoms with Crippen LogP contribution < -0.4 is 5.32 Å². The van der Waals surface area contributed by atoms with Crippen molar-refractivity contribution in [1.82, 2.24) is 5.16 Å². The molecule has 0 aliphatic carbocycles. The minimum Gasteiger partial charge on any atom is -0.358 e. The Labute approximate surface area is 138 Å². The normalized spacial score (nSPS) is 11.7. The summed E-state index contributed by atoms with van der Waals surface area (Å²) in [5.74, 6) is 1.71. The highest BCUT2D eigenvalue weighted by Crippen LogP contribution is 2.34. The molecule has 1 heterocycles. The Morgan fingerprint density at radius 2 is 1.91 bits per heavy atom. The quantitative estimate of drug-likeness (QED) is 0.832. The zero-order chi connectivity index (χ0) is 17.0. The predicted molar refractivity (Wildman–Crippen MR) is 92.8 cm³/mol. The highest BCUT2D eigenvalue weighted by Gasteiger charge is 2.30. The van der Waals surface area contributed by atoms with Crippen LogP contribution in [0.5, 0.6) is 0 Å². The van der Waals surface area contributed by atoms with E-state index in [2.05, 4.69) is 45.1 Å². The number of hydrogen-bond donors (Lipinski definition) is 1. The number of aromatic nitrogens is 1. The van der Waals surface area contributed by atoms with E-state index >= 15 is 0 Å². The van der Waals surface area contributed by atoms with Crippen LogP contribution in [0, 0.1) is 5.92 Å². The van der Waals surface area contributed by atoms with E-state index in [1.54, 1.807) is 12.1 Å². The van der Waals surface area contributed by atoms with E-state index in [0.29, 0.717) is 17.3 Å². The van der Waals surface area contributed by atoms with Crippen molar-refractivity contribution in [2.75, 3.05) is 5.32 Å². The lowest BCUT2D eigenvalue weighted by atomic mass is 9.83. The van der Waals surface area contributed by atoms with Crippen molar-refractivity contribution in [3.8, 4) is 0 Å².